The van der Waals surface area contributed by atoms with Crippen LogP contribution in [0, 0.1) is 13.8 Å². The number of hydrogen-bond acceptors (Lipinski definition) is 4. The highest BCUT2D eigenvalue weighted by Gasteiger charge is 2.22. The summed E-state index contributed by atoms with van der Waals surface area (Å²) >= 11 is 0. The highest BCUT2D eigenvalue weighted by Crippen LogP contribution is 2.14. The molecule has 1 aliphatic heterocycles. The summed E-state index contributed by atoms with van der Waals surface area (Å²) in [6.45, 7) is 7.15. The zero-order valence-corrected chi connectivity index (χ0v) is 13.7. The molecule has 1 fully saturated rings. The van der Waals surface area contributed by atoms with Crippen LogP contribution < -0.4 is 4.90 Å². The summed E-state index contributed by atoms with van der Waals surface area (Å²) in [5.74, 6) is 0.944. The molecule has 5 heteroatoms. The van der Waals surface area contributed by atoms with Crippen LogP contribution >= 0.6 is 0 Å². The maximum Gasteiger partial charge on any atom is 0.227 e. The van der Waals surface area contributed by atoms with E-state index in [1.807, 2.05) is 11.0 Å². The largest absolute Gasteiger partial charge is 0.339 e. The second kappa shape index (κ2) is 6.77. The average molecular weight is 310 g/mol. The first kappa shape index (κ1) is 15.5. The van der Waals surface area contributed by atoms with Crippen molar-refractivity contribution in [1.29, 1.82) is 0 Å². The number of anilines is 1. The van der Waals surface area contributed by atoms with Gasteiger partial charge >= 0.3 is 0 Å². The highest BCUT2D eigenvalue weighted by molar-refractivity contribution is 5.79. The van der Waals surface area contributed by atoms with E-state index in [2.05, 4.69) is 46.9 Å². The molecule has 1 aliphatic rings. The van der Waals surface area contributed by atoms with Crippen LogP contribution in [0.4, 0.5) is 5.95 Å². The van der Waals surface area contributed by atoms with Crippen molar-refractivity contribution in [3.8, 4) is 0 Å². The van der Waals surface area contributed by atoms with Crippen molar-refractivity contribution < 1.29 is 4.79 Å². The first-order chi connectivity index (χ1) is 11.1. The number of hydrogen-bond donors (Lipinski definition) is 0. The van der Waals surface area contributed by atoms with Crippen molar-refractivity contribution in [3.63, 3.8) is 0 Å². The summed E-state index contributed by atoms with van der Waals surface area (Å²) in [5, 5.41) is 0. The van der Waals surface area contributed by atoms with Crippen molar-refractivity contribution >= 4 is 11.9 Å². The van der Waals surface area contributed by atoms with E-state index in [0.29, 0.717) is 6.42 Å². The van der Waals surface area contributed by atoms with Gasteiger partial charge in [-0.15, -0.1) is 0 Å². The van der Waals surface area contributed by atoms with Gasteiger partial charge in [0, 0.05) is 38.6 Å². The van der Waals surface area contributed by atoms with Gasteiger partial charge in [0.2, 0.25) is 11.9 Å². The Morgan fingerprint density at radius 1 is 1.09 bits per heavy atom. The van der Waals surface area contributed by atoms with Crippen LogP contribution in [0.5, 0.6) is 0 Å². The van der Waals surface area contributed by atoms with Crippen LogP contribution in [0.2, 0.25) is 0 Å². The summed E-state index contributed by atoms with van der Waals surface area (Å²) in [7, 11) is 0. The minimum absolute atomic E-state index is 0.200. The molecule has 23 heavy (non-hydrogen) atoms. The number of amides is 1. The normalized spacial score (nSPS) is 14.9. The van der Waals surface area contributed by atoms with E-state index < -0.39 is 0 Å². The zero-order chi connectivity index (χ0) is 16.2. The molecule has 5 nitrogen and oxygen atoms in total. The number of carbonyl (C=O) groups excluding carboxylic acids is 1. The van der Waals surface area contributed by atoms with Gasteiger partial charge in [-0.25, -0.2) is 9.97 Å². The quantitative estimate of drug-likeness (QED) is 0.870. The monoisotopic (exact) mass is 310 g/mol. The van der Waals surface area contributed by atoms with Crippen LogP contribution in [0.25, 0.3) is 0 Å². The molecule has 0 atom stereocenters. The molecule has 2 heterocycles. The zero-order valence-electron chi connectivity index (χ0n) is 13.7. The SMILES string of the molecule is Cc1ccc(CC(=O)N2CCN(c3ncccn3)CC2)c(C)c1. The van der Waals surface area contributed by atoms with E-state index in [1.54, 1.807) is 12.4 Å². The van der Waals surface area contributed by atoms with E-state index >= 15 is 0 Å². The van der Waals surface area contributed by atoms with Gasteiger partial charge < -0.3 is 9.80 Å². The lowest BCUT2D eigenvalue weighted by atomic mass is 10.0. The Bertz CT molecular complexity index is 679. The molecule has 0 bridgehead atoms. The number of carbonyl (C=O) groups is 1. The maximum atomic E-state index is 12.5. The van der Waals surface area contributed by atoms with E-state index in [1.165, 1.54) is 11.1 Å². The number of benzene rings is 1. The standard InChI is InChI=1S/C18H22N4O/c1-14-4-5-16(15(2)12-14)13-17(23)21-8-10-22(11-9-21)18-19-6-3-7-20-18/h3-7,12H,8-11,13H2,1-2H3. The minimum Gasteiger partial charge on any atom is -0.339 e. The van der Waals surface area contributed by atoms with E-state index in [9.17, 15) is 4.79 Å². The van der Waals surface area contributed by atoms with Crippen molar-refractivity contribution in [2.45, 2.75) is 20.3 Å². The number of aryl methyl sites for hydroxylation is 2. The Morgan fingerprint density at radius 2 is 1.78 bits per heavy atom. The second-order valence-electron chi connectivity index (χ2n) is 6.02. The fourth-order valence-electron chi connectivity index (χ4n) is 2.93. The Labute approximate surface area is 137 Å². The molecule has 120 valence electrons. The Kier molecular flexibility index (Phi) is 4.55. The first-order valence-electron chi connectivity index (χ1n) is 7.99. The number of rotatable bonds is 3. The molecule has 0 saturated carbocycles. The molecule has 1 amide bonds. The molecule has 1 aromatic carbocycles. The summed E-state index contributed by atoms with van der Waals surface area (Å²) in [4.78, 5) is 25.1. The highest BCUT2D eigenvalue weighted by atomic mass is 16.2. The van der Waals surface area contributed by atoms with Gasteiger partial charge in [-0.3, -0.25) is 4.79 Å². The third-order valence-electron chi connectivity index (χ3n) is 4.31. The molecule has 0 spiro atoms. The second-order valence-corrected chi connectivity index (χ2v) is 6.02. The van der Waals surface area contributed by atoms with Crippen molar-refractivity contribution in [3.05, 3.63) is 53.3 Å². The lowest BCUT2D eigenvalue weighted by molar-refractivity contribution is -0.130. The lowest BCUT2D eigenvalue weighted by Crippen LogP contribution is -2.49. The Hall–Kier alpha value is -2.43. The first-order valence-corrected chi connectivity index (χ1v) is 7.99. The van der Waals surface area contributed by atoms with Gasteiger partial charge in [0.1, 0.15) is 0 Å². The summed E-state index contributed by atoms with van der Waals surface area (Å²) in [6, 6.07) is 8.08. The van der Waals surface area contributed by atoms with Gasteiger partial charge in [0.25, 0.3) is 0 Å². The maximum absolute atomic E-state index is 12.5. The fraction of sp³-hybridized carbons (Fsp3) is 0.389. The van der Waals surface area contributed by atoms with Crippen molar-refractivity contribution in [1.82, 2.24) is 14.9 Å². The van der Waals surface area contributed by atoms with Crippen LogP contribution in [0.3, 0.4) is 0 Å². The van der Waals surface area contributed by atoms with Gasteiger partial charge in [0.05, 0.1) is 6.42 Å². The number of aromatic nitrogens is 2. The molecular weight excluding hydrogens is 288 g/mol. The predicted octanol–water partition coefficient (Wildman–Crippen LogP) is 1.98. The molecule has 2 aromatic rings. The van der Waals surface area contributed by atoms with Gasteiger partial charge in [-0.05, 0) is 31.0 Å². The lowest BCUT2D eigenvalue weighted by Gasteiger charge is -2.34. The molecule has 1 aromatic heterocycles. The summed E-state index contributed by atoms with van der Waals surface area (Å²) in [5.41, 5.74) is 3.54. The predicted molar refractivity (Wildman–Crippen MR) is 90.4 cm³/mol. The van der Waals surface area contributed by atoms with Crippen LogP contribution in [0.1, 0.15) is 16.7 Å². The Balaban J connectivity index is 1.58. The van der Waals surface area contributed by atoms with Crippen LogP contribution in [-0.2, 0) is 11.2 Å². The molecule has 0 aliphatic carbocycles. The molecular formula is C18H22N4O. The molecule has 1 saturated heterocycles. The number of nitrogens with zero attached hydrogens (tertiary/aromatic N) is 4. The van der Waals surface area contributed by atoms with Crippen molar-refractivity contribution in [2.75, 3.05) is 31.1 Å². The van der Waals surface area contributed by atoms with Gasteiger partial charge in [-0.1, -0.05) is 23.8 Å². The molecule has 0 N–H and O–H groups in total. The summed E-state index contributed by atoms with van der Waals surface area (Å²) < 4.78 is 0. The third-order valence-corrected chi connectivity index (χ3v) is 4.31. The minimum atomic E-state index is 0.200. The van der Waals surface area contributed by atoms with Gasteiger partial charge in [-0.2, -0.15) is 0 Å². The average Bonchev–Trinajstić information content (AvgIpc) is 2.58. The smallest absolute Gasteiger partial charge is 0.227 e. The molecule has 0 unspecified atom stereocenters. The molecule has 3 rings (SSSR count). The molecule has 0 radical (unpaired) electrons. The van der Waals surface area contributed by atoms with E-state index in [4.69, 9.17) is 0 Å². The van der Waals surface area contributed by atoms with Crippen molar-refractivity contribution in [2.24, 2.45) is 0 Å². The fourth-order valence-corrected chi connectivity index (χ4v) is 2.93. The number of piperazine rings is 1. The Morgan fingerprint density at radius 3 is 2.43 bits per heavy atom. The van der Waals surface area contributed by atoms with Crippen LogP contribution in [-0.4, -0.2) is 47.0 Å². The van der Waals surface area contributed by atoms with Crippen LogP contribution in [0.15, 0.2) is 36.7 Å². The topological polar surface area (TPSA) is 49.3 Å². The van der Waals surface area contributed by atoms with E-state index in [0.717, 1.165) is 37.7 Å². The van der Waals surface area contributed by atoms with Gasteiger partial charge in [0.15, 0.2) is 0 Å². The van der Waals surface area contributed by atoms with E-state index in [-0.39, 0.29) is 5.91 Å². The third kappa shape index (κ3) is 3.67. The summed E-state index contributed by atoms with van der Waals surface area (Å²) in [6.07, 6.45) is 3.98.